The van der Waals surface area contributed by atoms with Crippen molar-refractivity contribution in [3.63, 3.8) is 0 Å². The van der Waals surface area contributed by atoms with Gasteiger partial charge in [-0.2, -0.15) is 0 Å². The largest absolute Gasteiger partial charge is 0.474 e. The second-order valence-electron chi connectivity index (χ2n) is 3.96. The van der Waals surface area contributed by atoms with Gasteiger partial charge in [-0.25, -0.2) is 0 Å². The van der Waals surface area contributed by atoms with E-state index < -0.39 is 0 Å². The molecule has 0 bridgehead atoms. The minimum Gasteiger partial charge on any atom is -0.474 e. The first-order valence-electron chi connectivity index (χ1n) is 5.54. The molecule has 0 atom stereocenters. The second-order valence-corrected chi connectivity index (χ2v) is 5.09. The van der Waals surface area contributed by atoms with Crippen LogP contribution in [0.5, 0.6) is 5.75 Å². The third-order valence-corrected chi connectivity index (χ3v) is 3.44. The normalized spacial score (nSPS) is 11.1. The summed E-state index contributed by atoms with van der Waals surface area (Å²) < 4.78 is 11.9. The van der Waals surface area contributed by atoms with Crippen molar-refractivity contribution >= 4 is 49.5 Å². The molecule has 3 rings (SSSR count). The van der Waals surface area contributed by atoms with Crippen LogP contribution in [0, 0.1) is 0 Å². The smallest absolute Gasteiger partial charge is 0.200 e. The Bertz CT molecular complexity index is 826. The highest BCUT2D eigenvalue weighted by Gasteiger charge is 2.11. The van der Waals surface area contributed by atoms with Gasteiger partial charge in [-0.15, -0.1) is 0 Å². The molecule has 3 nitrogen and oxygen atoms in total. The molecular formula is C14H8BrClO3. The van der Waals surface area contributed by atoms with E-state index in [1.165, 1.54) is 0 Å². The summed E-state index contributed by atoms with van der Waals surface area (Å²) in [6.07, 6.45) is 0. The third-order valence-electron chi connectivity index (χ3n) is 2.83. The Morgan fingerprint density at radius 1 is 1.21 bits per heavy atom. The van der Waals surface area contributed by atoms with E-state index in [0.717, 1.165) is 4.47 Å². The SMILES string of the molecule is O=c1c2ccc(Br)cc2oc2c(OCCl)cccc12. The maximum absolute atomic E-state index is 12.4. The molecule has 3 aromatic rings. The topological polar surface area (TPSA) is 39.4 Å². The van der Waals surface area contributed by atoms with Gasteiger partial charge in [-0.1, -0.05) is 33.6 Å². The zero-order chi connectivity index (χ0) is 13.4. The molecule has 0 amide bonds. The van der Waals surface area contributed by atoms with Gasteiger partial charge in [-0.3, -0.25) is 4.79 Å². The van der Waals surface area contributed by atoms with Gasteiger partial charge in [0.05, 0.1) is 10.8 Å². The highest BCUT2D eigenvalue weighted by molar-refractivity contribution is 9.10. The average molecular weight is 340 g/mol. The van der Waals surface area contributed by atoms with Crippen molar-refractivity contribution in [2.24, 2.45) is 0 Å². The molecule has 0 saturated carbocycles. The highest BCUT2D eigenvalue weighted by Crippen LogP contribution is 2.28. The molecular weight excluding hydrogens is 332 g/mol. The molecule has 0 aliphatic rings. The number of halogens is 2. The molecule has 0 aliphatic carbocycles. The number of benzene rings is 2. The number of ether oxygens (including phenoxy) is 1. The van der Waals surface area contributed by atoms with Crippen molar-refractivity contribution in [3.05, 3.63) is 51.1 Å². The maximum atomic E-state index is 12.4. The Labute approximate surface area is 121 Å². The number of hydrogen-bond donors (Lipinski definition) is 0. The van der Waals surface area contributed by atoms with Crippen LogP contribution < -0.4 is 10.2 Å². The van der Waals surface area contributed by atoms with E-state index in [9.17, 15) is 4.79 Å². The van der Waals surface area contributed by atoms with Crippen LogP contribution in [0.2, 0.25) is 0 Å². The Balaban J connectivity index is 2.47. The molecule has 19 heavy (non-hydrogen) atoms. The zero-order valence-electron chi connectivity index (χ0n) is 9.65. The van der Waals surface area contributed by atoms with Crippen molar-refractivity contribution in [1.82, 2.24) is 0 Å². The summed E-state index contributed by atoms with van der Waals surface area (Å²) in [5, 5.41) is 1.02. The van der Waals surface area contributed by atoms with Crippen molar-refractivity contribution in [2.75, 3.05) is 6.07 Å². The van der Waals surface area contributed by atoms with Crippen molar-refractivity contribution in [3.8, 4) is 5.75 Å². The Hall–Kier alpha value is -1.52. The van der Waals surface area contributed by atoms with Crippen LogP contribution in [0.4, 0.5) is 0 Å². The molecule has 0 spiro atoms. The quantitative estimate of drug-likeness (QED) is 0.516. The molecule has 0 fully saturated rings. The number of rotatable bonds is 2. The van der Waals surface area contributed by atoms with E-state index in [2.05, 4.69) is 15.9 Å². The number of fused-ring (bicyclic) bond motifs is 2. The fourth-order valence-corrected chi connectivity index (χ4v) is 2.45. The van der Waals surface area contributed by atoms with Crippen LogP contribution in [0.15, 0.2) is 50.1 Å². The predicted octanol–water partition coefficient (Wildman–Crippen LogP) is 4.28. The lowest BCUT2D eigenvalue weighted by Gasteiger charge is -2.06. The summed E-state index contributed by atoms with van der Waals surface area (Å²) >= 11 is 8.93. The lowest BCUT2D eigenvalue weighted by atomic mass is 10.1. The van der Waals surface area contributed by atoms with Gasteiger partial charge in [0, 0.05) is 4.47 Å². The van der Waals surface area contributed by atoms with E-state index >= 15 is 0 Å². The summed E-state index contributed by atoms with van der Waals surface area (Å²) in [5.41, 5.74) is 0.847. The van der Waals surface area contributed by atoms with Gasteiger partial charge in [0.2, 0.25) is 5.43 Å². The van der Waals surface area contributed by atoms with Gasteiger partial charge in [0.15, 0.2) is 17.4 Å². The number of para-hydroxylation sites is 1. The first kappa shape index (κ1) is 12.5. The molecule has 0 radical (unpaired) electrons. The van der Waals surface area contributed by atoms with Gasteiger partial charge in [0.1, 0.15) is 5.58 Å². The number of hydrogen-bond acceptors (Lipinski definition) is 3. The third kappa shape index (κ3) is 2.11. The fraction of sp³-hybridized carbons (Fsp3) is 0.0714. The molecule has 0 aliphatic heterocycles. The predicted molar refractivity (Wildman–Crippen MR) is 79.0 cm³/mol. The van der Waals surface area contributed by atoms with Gasteiger partial charge in [-0.05, 0) is 30.3 Å². The number of alkyl halides is 1. The van der Waals surface area contributed by atoms with Crippen molar-refractivity contribution < 1.29 is 9.15 Å². The van der Waals surface area contributed by atoms with Crippen LogP contribution >= 0.6 is 27.5 Å². The lowest BCUT2D eigenvalue weighted by molar-refractivity contribution is 0.385. The Kier molecular flexibility index (Phi) is 3.21. The molecule has 0 N–H and O–H groups in total. The van der Waals surface area contributed by atoms with E-state index in [0.29, 0.717) is 27.7 Å². The Morgan fingerprint density at radius 2 is 2.05 bits per heavy atom. The van der Waals surface area contributed by atoms with Crippen LogP contribution in [0.3, 0.4) is 0 Å². The first-order chi connectivity index (χ1) is 9.20. The van der Waals surface area contributed by atoms with E-state index in [1.54, 1.807) is 30.3 Å². The van der Waals surface area contributed by atoms with Gasteiger partial charge < -0.3 is 9.15 Å². The molecule has 5 heteroatoms. The van der Waals surface area contributed by atoms with Crippen molar-refractivity contribution in [2.45, 2.75) is 0 Å². The van der Waals surface area contributed by atoms with Crippen LogP contribution in [-0.4, -0.2) is 6.07 Å². The van der Waals surface area contributed by atoms with Crippen LogP contribution in [0.1, 0.15) is 0 Å². The lowest BCUT2D eigenvalue weighted by Crippen LogP contribution is -2.03. The first-order valence-corrected chi connectivity index (χ1v) is 6.87. The summed E-state index contributed by atoms with van der Waals surface area (Å²) in [6, 6.07) is 10.5. The monoisotopic (exact) mass is 338 g/mol. The van der Waals surface area contributed by atoms with E-state index in [-0.39, 0.29) is 11.5 Å². The summed E-state index contributed by atoms with van der Waals surface area (Å²) in [7, 11) is 0. The molecule has 2 aromatic carbocycles. The van der Waals surface area contributed by atoms with Gasteiger partial charge in [0.25, 0.3) is 0 Å². The Morgan fingerprint density at radius 3 is 2.84 bits per heavy atom. The summed E-state index contributed by atoms with van der Waals surface area (Å²) in [6.45, 7) is 0. The summed E-state index contributed by atoms with van der Waals surface area (Å²) in [5.74, 6) is 0.464. The average Bonchev–Trinajstić information content (AvgIpc) is 2.40. The molecule has 1 aromatic heterocycles. The van der Waals surface area contributed by atoms with Crippen molar-refractivity contribution in [1.29, 1.82) is 0 Å². The molecule has 96 valence electrons. The van der Waals surface area contributed by atoms with E-state index in [4.69, 9.17) is 20.8 Å². The standard InChI is InChI=1S/C14H8BrClO3/c15-8-4-5-9-12(6-8)19-14-10(13(9)17)2-1-3-11(14)18-7-16/h1-6H,7H2. The second kappa shape index (κ2) is 4.87. The van der Waals surface area contributed by atoms with Crippen LogP contribution in [-0.2, 0) is 0 Å². The summed E-state index contributed by atoms with van der Waals surface area (Å²) in [4.78, 5) is 12.4. The molecule has 0 unspecified atom stereocenters. The minimum atomic E-state index is -0.0798. The highest BCUT2D eigenvalue weighted by atomic mass is 79.9. The van der Waals surface area contributed by atoms with E-state index in [1.807, 2.05) is 6.07 Å². The minimum absolute atomic E-state index is 0.000650. The maximum Gasteiger partial charge on any atom is 0.200 e. The zero-order valence-corrected chi connectivity index (χ0v) is 12.0. The molecule has 1 heterocycles. The van der Waals surface area contributed by atoms with Gasteiger partial charge >= 0.3 is 0 Å². The molecule has 0 saturated heterocycles. The fourth-order valence-electron chi connectivity index (χ4n) is 2.00. The van der Waals surface area contributed by atoms with Crippen LogP contribution in [0.25, 0.3) is 21.9 Å².